The fourth-order valence-corrected chi connectivity index (χ4v) is 2.21. The predicted octanol–water partition coefficient (Wildman–Crippen LogP) is 3.15. The molecule has 1 atom stereocenters. The second-order valence-electron chi connectivity index (χ2n) is 4.57. The monoisotopic (exact) mass is 243 g/mol. The van der Waals surface area contributed by atoms with Gasteiger partial charge in [0.15, 0.2) is 0 Å². The van der Waals surface area contributed by atoms with Crippen LogP contribution in [0.4, 0.5) is 13.2 Å². The molecule has 1 unspecified atom stereocenters. The van der Waals surface area contributed by atoms with Crippen molar-refractivity contribution in [3.05, 3.63) is 35.6 Å². The summed E-state index contributed by atoms with van der Waals surface area (Å²) in [5.74, 6) is -3.16. The minimum Gasteiger partial charge on any atom is -0.309 e. The van der Waals surface area contributed by atoms with Gasteiger partial charge in [0.25, 0.3) is 5.92 Å². The van der Waals surface area contributed by atoms with Crippen molar-refractivity contribution < 1.29 is 13.2 Å². The molecule has 1 heterocycles. The highest BCUT2D eigenvalue weighted by Gasteiger charge is 2.39. The van der Waals surface area contributed by atoms with Gasteiger partial charge in [0.05, 0.1) is 6.04 Å². The first kappa shape index (κ1) is 12.4. The van der Waals surface area contributed by atoms with Crippen LogP contribution in [0.1, 0.15) is 24.8 Å². The Morgan fingerprint density at radius 1 is 1.18 bits per heavy atom. The summed E-state index contributed by atoms with van der Waals surface area (Å²) in [5.41, 5.74) is 0.476. The molecule has 1 aromatic carbocycles. The van der Waals surface area contributed by atoms with Crippen LogP contribution in [0.25, 0.3) is 0 Å². The highest BCUT2D eigenvalue weighted by atomic mass is 19.3. The summed E-state index contributed by atoms with van der Waals surface area (Å²) in [4.78, 5) is 0. The largest absolute Gasteiger partial charge is 0.309 e. The zero-order valence-electron chi connectivity index (χ0n) is 9.56. The van der Waals surface area contributed by atoms with Gasteiger partial charge in [0.1, 0.15) is 5.82 Å². The van der Waals surface area contributed by atoms with E-state index in [0.717, 1.165) is 12.8 Å². The standard InChI is InChI=1S/C13H16F3N/c14-11-6-4-10(5-7-11)9-13(15,16)12-3-1-2-8-17-12/h4-7,12,17H,1-3,8-9H2. The van der Waals surface area contributed by atoms with Gasteiger partial charge in [-0.3, -0.25) is 0 Å². The number of alkyl halides is 2. The summed E-state index contributed by atoms with van der Waals surface area (Å²) in [6, 6.07) is 4.54. The van der Waals surface area contributed by atoms with E-state index in [4.69, 9.17) is 0 Å². The molecule has 1 fully saturated rings. The van der Waals surface area contributed by atoms with Crippen LogP contribution in [0.5, 0.6) is 0 Å². The third-order valence-corrected chi connectivity index (χ3v) is 3.17. The van der Waals surface area contributed by atoms with E-state index < -0.39 is 17.8 Å². The number of halogens is 3. The molecule has 0 amide bonds. The van der Waals surface area contributed by atoms with E-state index in [2.05, 4.69) is 5.32 Å². The summed E-state index contributed by atoms with van der Waals surface area (Å²) in [7, 11) is 0. The lowest BCUT2D eigenvalue weighted by Gasteiger charge is -2.31. The third-order valence-electron chi connectivity index (χ3n) is 3.17. The Morgan fingerprint density at radius 2 is 1.88 bits per heavy atom. The molecule has 1 saturated heterocycles. The van der Waals surface area contributed by atoms with Crippen LogP contribution in [-0.2, 0) is 6.42 Å². The van der Waals surface area contributed by atoms with Crippen molar-refractivity contribution >= 4 is 0 Å². The van der Waals surface area contributed by atoms with Crippen LogP contribution < -0.4 is 5.32 Å². The molecule has 4 heteroatoms. The first-order chi connectivity index (χ1) is 8.08. The van der Waals surface area contributed by atoms with Crippen LogP contribution in [0.2, 0.25) is 0 Å². The smallest absolute Gasteiger partial charge is 0.267 e. The summed E-state index contributed by atoms with van der Waals surface area (Å²) in [6.45, 7) is 0.656. The number of rotatable bonds is 3. The molecular weight excluding hydrogens is 227 g/mol. The second kappa shape index (κ2) is 5.08. The Morgan fingerprint density at radius 3 is 2.47 bits per heavy atom. The normalized spacial score (nSPS) is 21.5. The van der Waals surface area contributed by atoms with E-state index in [1.807, 2.05) is 0 Å². The van der Waals surface area contributed by atoms with Crippen molar-refractivity contribution in [2.45, 2.75) is 37.6 Å². The molecule has 0 saturated carbocycles. The van der Waals surface area contributed by atoms with E-state index in [1.54, 1.807) is 0 Å². The molecule has 94 valence electrons. The highest BCUT2D eigenvalue weighted by Crippen LogP contribution is 2.28. The topological polar surface area (TPSA) is 12.0 Å². The van der Waals surface area contributed by atoms with Crippen molar-refractivity contribution in [2.24, 2.45) is 0 Å². The highest BCUT2D eigenvalue weighted by molar-refractivity contribution is 5.18. The zero-order chi connectivity index (χ0) is 12.3. The van der Waals surface area contributed by atoms with E-state index in [9.17, 15) is 13.2 Å². The average molecular weight is 243 g/mol. The number of hydrogen-bond donors (Lipinski definition) is 1. The zero-order valence-corrected chi connectivity index (χ0v) is 9.56. The molecule has 0 bridgehead atoms. The molecule has 0 aliphatic carbocycles. The van der Waals surface area contributed by atoms with E-state index in [0.29, 0.717) is 18.5 Å². The maximum Gasteiger partial charge on any atom is 0.267 e. The van der Waals surface area contributed by atoms with Gasteiger partial charge in [-0.05, 0) is 37.1 Å². The van der Waals surface area contributed by atoms with E-state index in [-0.39, 0.29) is 6.42 Å². The molecule has 0 radical (unpaired) electrons. The van der Waals surface area contributed by atoms with Crippen molar-refractivity contribution in [3.8, 4) is 0 Å². The van der Waals surface area contributed by atoms with Gasteiger partial charge in [-0.25, -0.2) is 13.2 Å². The number of nitrogens with one attached hydrogen (secondary N) is 1. The minimum absolute atomic E-state index is 0.328. The SMILES string of the molecule is Fc1ccc(CC(F)(F)C2CCCCN2)cc1. The predicted molar refractivity (Wildman–Crippen MR) is 60.7 cm³/mol. The van der Waals surface area contributed by atoms with Gasteiger partial charge < -0.3 is 5.32 Å². The van der Waals surface area contributed by atoms with Crippen LogP contribution in [-0.4, -0.2) is 18.5 Å². The van der Waals surface area contributed by atoms with Gasteiger partial charge >= 0.3 is 0 Å². The third kappa shape index (κ3) is 3.22. The minimum atomic E-state index is -2.77. The fraction of sp³-hybridized carbons (Fsp3) is 0.538. The maximum atomic E-state index is 13.9. The summed E-state index contributed by atoms with van der Waals surface area (Å²) < 4.78 is 40.6. The Labute approximate surface area is 99.0 Å². The Balaban J connectivity index is 2.02. The van der Waals surface area contributed by atoms with Crippen molar-refractivity contribution in [3.63, 3.8) is 0 Å². The van der Waals surface area contributed by atoms with Crippen LogP contribution in [0.3, 0.4) is 0 Å². The van der Waals surface area contributed by atoms with Gasteiger partial charge in [-0.2, -0.15) is 0 Å². The first-order valence-electron chi connectivity index (χ1n) is 5.93. The van der Waals surface area contributed by atoms with E-state index in [1.165, 1.54) is 24.3 Å². The molecule has 0 spiro atoms. The quantitative estimate of drug-likeness (QED) is 0.860. The van der Waals surface area contributed by atoms with Crippen molar-refractivity contribution in [2.75, 3.05) is 6.54 Å². The van der Waals surface area contributed by atoms with Crippen LogP contribution in [0.15, 0.2) is 24.3 Å². The molecule has 17 heavy (non-hydrogen) atoms. The van der Waals surface area contributed by atoms with Crippen LogP contribution >= 0.6 is 0 Å². The number of hydrogen-bond acceptors (Lipinski definition) is 1. The van der Waals surface area contributed by atoms with Gasteiger partial charge in [0, 0.05) is 6.42 Å². The molecule has 1 N–H and O–H groups in total. The lowest BCUT2D eigenvalue weighted by Crippen LogP contribution is -2.48. The van der Waals surface area contributed by atoms with E-state index >= 15 is 0 Å². The fourth-order valence-electron chi connectivity index (χ4n) is 2.21. The average Bonchev–Trinajstić information content (AvgIpc) is 2.33. The maximum absolute atomic E-state index is 13.9. The van der Waals surface area contributed by atoms with Gasteiger partial charge in [0.2, 0.25) is 0 Å². The lowest BCUT2D eigenvalue weighted by atomic mass is 9.94. The summed E-state index contributed by atoms with van der Waals surface area (Å²) in [6.07, 6.45) is 1.99. The molecule has 0 aromatic heterocycles. The second-order valence-corrected chi connectivity index (χ2v) is 4.57. The Kier molecular flexibility index (Phi) is 3.72. The van der Waals surface area contributed by atoms with Crippen LogP contribution in [0, 0.1) is 5.82 Å². The molecule has 1 nitrogen and oxygen atoms in total. The lowest BCUT2D eigenvalue weighted by molar-refractivity contribution is -0.0441. The number of piperidine rings is 1. The van der Waals surface area contributed by atoms with Crippen molar-refractivity contribution in [1.82, 2.24) is 5.32 Å². The van der Waals surface area contributed by atoms with Crippen molar-refractivity contribution in [1.29, 1.82) is 0 Å². The van der Waals surface area contributed by atoms with Gasteiger partial charge in [-0.1, -0.05) is 18.6 Å². The summed E-state index contributed by atoms with van der Waals surface area (Å²) >= 11 is 0. The number of benzene rings is 1. The first-order valence-corrected chi connectivity index (χ1v) is 5.93. The Hall–Kier alpha value is -1.03. The molecule has 1 aromatic rings. The molecule has 2 rings (SSSR count). The molecule has 1 aliphatic heterocycles. The Bertz CT molecular complexity index is 355. The van der Waals surface area contributed by atoms with Gasteiger partial charge in [-0.15, -0.1) is 0 Å². The molecular formula is C13H16F3N. The summed E-state index contributed by atoms with van der Waals surface area (Å²) in [5, 5.41) is 2.87. The molecule has 1 aliphatic rings.